The fraction of sp³-hybridized carbons (Fsp3) is 0.708. The summed E-state index contributed by atoms with van der Waals surface area (Å²) in [5.41, 5.74) is -0.315. The van der Waals surface area contributed by atoms with Crippen LogP contribution in [0.3, 0.4) is 0 Å². The Morgan fingerprint density at radius 3 is 2.91 bits per heavy atom. The number of alkyl halides is 1. The van der Waals surface area contributed by atoms with Crippen LogP contribution in [0.1, 0.15) is 44.9 Å². The number of aromatic nitrogens is 3. The Morgan fingerprint density at radius 1 is 1.23 bits per heavy atom. The minimum Gasteiger partial charge on any atom is -0.461 e. The number of anilines is 1. The molecule has 6 rings (SSSR count). The molecule has 2 aromatic rings. The number of piperidine rings is 1. The standard InChI is InChI=1S/C24H29BrClF2N5O2/c25-20-17-19(18(28)21(26)30-20)29-23(35-12-24-5-1-6-32(24)11-15(27)9-24)31-22(17)33-10-13-2-3-14(8-13)16(33)4-7-34/h13-16,34H,1-12H2/t13-,14+,15+,16-,24-/m0/s1. The zero-order chi connectivity index (χ0) is 24.3. The van der Waals surface area contributed by atoms with Crippen LogP contribution < -0.4 is 9.64 Å². The Labute approximate surface area is 216 Å². The summed E-state index contributed by atoms with van der Waals surface area (Å²) in [5, 5.41) is 9.98. The van der Waals surface area contributed by atoms with E-state index >= 15 is 4.39 Å². The fourth-order valence-corrected chi connectivity index (χ4v) is 7.87. The molecule has 3 aliphatic heterocycles. The topological polar surface area (TPSA) is 74.6 Å². The molecule has 1 saturated carbocycles. The molecule has 1 N–H and O–H groups in total. The fourth-order valence-electron chi connectivity index (χ4n) is 7.05. The van der Waals surface area contributed by atoms with Crippen molar-refractivity contribution in [2.75, 3.05) is 37.7 Å². The van der Waals surface area contributed by atoms with Crippen LogP contribution in [0, 0.1) is 17.7 Å². The van der Waals surface area contributed by atoms with Gasteiger partial charge in [0, 0.05) is 32.2 Å². The SMILES string of the molecule is OCC[C@H]1[C@@H]2CC[C@@H](C2)CN1c1nc(OC[C@@]23CCCN2C[C@H](F)C3)nc2c(F)c(Cl)nc(Br)c12. The van der Waals surface area contributed by atoms with Crippen LogP contribution in [-0.2, 0) is 0 Å². The number of fused-ring (bicyclic) bond motifs is 4. The largest absolute Gasteiger partial charge is 0.461 e. The summed E-state index contributed by atoms with van der Waals surface area (Å²) in [7, 11) is 0. The zero-order valence-corrected chi connectivity index (χ0v) is 21.7. The third-order valence-electron chi connectivity index (χ3n) is 8.57. The molecule has 0 aromatic carbocycles. The molecule has 2 bridgehead atoms. The van der Waals surface area contributed by atoms with Gasteiger partial charge in [0.2, 0.25) is 0 Å². The van der Waals surface area contributed by atoms with Crippen LogP contribution in [0.25, 0.3) is 10.9 Å². The van der Waals surface area contributed by atoms with Gasteiger partial charge in [0.05, 0.1) is 10.9 Å². The lowest BCUT2D eigenvalue weighted by Crippen LogP contribution is -2.47. The number of pyridine rings is 1. The Balaban J connectivity index is 1.42. The average Bonchev–Trinajstić information content (AvgIpc) is 3.49. The first-order valence-electron chi connectivity index (χ1n) is 12.5. The average molecular weight is 573 g/mol. The number of halogens is 4. The van der Waals surface area contributed by atoms with Crippen LogP contribution in [0.15, 0.2) is 4.60 Å². The van der Waals surface area contributed by atoms with Crippen LogP contribution in [0.5, 0.6) is 6.01 Å². The van der Waals surface area contributed by atoms with Gasteiger partial charge in [-0.2, -0.15) is 9.97 Å². The van der Waals surface area contributed by atoms with Crippen molar-refractivity contribution in [2.24, 2.45) is 11.8 Å². The third kappa shape index (κ3) is 4.08. The second-order valence-corrected chi connectivity index (χ2v) is 11.7. The number of hydrogen-bond acceptors (Lipinski definition) is 7. The van der Waals surface area contributed by atoms with E-state index in [0.29, 0.717) is 47.0 Å². The van der Waals surface area contributed by atoms with Crippen molar-refractivity contribution in [1.29, 1.82) is 0 Å². The molecule has 190 valence electrons. The zero-order valence-electron chi connectivity index (χ0n) is 19.4. The van der Waals surface area contributed by atoms with E-state index in [0.717, 1.165) is 45.2 Å². The molecule has 5 atom stereocenters. The Kier molecular flexibility index (Phi) is 6.30. The Hall–Kier alpha value is -1.36. The van der Waals surface area contributed by atoms with Gasteiger partial charge in [-0.15, -0.1) is 0 Å². The normalized spacial score (nSPS) is 32.5. The summed E-state index contributed by atoms with van der Waals surface area (Å²) in [6.07, 6.45) is 5.41. The molecule has 0 unspecified atom stereocenters. The lowest BCUT2D eigenvalue weighted by molar-refractivity contribution is 0.107. The van der Waals surface area contributed by atoms with E-state index in [9.17, 15) is 9.50 Å². The first kappa shape index (κ1) is 24.0. The van der Waals surface area contributed by atoms with Gasteiger partial charge in [-0.25, -0.2) is 13.8 Å². The van der Waals surface area contributed by atoms with Crippen molar-refractivity contribution in [3.05, 3.63) is 15.6 Å². The van der Waals surface area contributed by atoms with Crippen molar-refractivity contribution in [1.82, 2.24) is 19.9 Å². The van der Waals surface area contributed by atoms with Crippen molar-refractivity contribution in [3.8, 4) is 6.01 Å². The monoisotopic (exact) mass is 571 g/mol. The molecular weight excluding hydrogens is 544 g/mol. The van der Waals surface area contributed by atoms with E-state index in [2.05, 4.69) is 35.7 Å². The molecule has 0 spiro atoms. The molecule has 5 heterocycles. The molecule has 0 amide bonds. The van der Waals surface area contributed by atoms with Crippen LogP contribution >= 0.6 is 27.5 Å². The van der Waals surface area contributed by atoms with Gasteiger partial charge in [0.25, 0.3) is 0 Å². The van der Waals surface area contributed by atoms with Gasteiger partial charge in [0.15, 0.2) is 11.0 Å². The molecule has 7 nitrogen and oxygen atoms in total. The van der Waals surface area contributed by atoms with E-state index in [1.807, 2.05) is 0 Å². The second-order valence-electron chi connectivity index (χ2n) is 10.6. The maximum absolute atomic E-state index is 15.2. The van der Waals surface area contributed by atoms with Gasteiger partial charge in [0.1, 0.15) is 28.7 Å². The highest BCUT2D eigenvalue weighted by molar-refractivity contribution is 9.10. The predicted molar refractivity (Wildman–Crippen MR) is 132 cm³/mol. The maximum Gasteiger partial charge on any atom is 0.319 e. The van der Waals surface area contributed by atoms with Crippen molar-refractivity contribution < 1.29 is 18.6 Å². The molecular formula is C24H29BrClF2N5O2. The van der Waals surface area contributed by atoms with Gasteiger partial charge in [-0.1, -0.05) is 11.6 Å². The number of ether oxygens (including phenoxy) is 1. The highest BCUT2D eigenvalue weighted by Crippen LogP contribution is 2.46. The molecule has 35 heavy (non-hydrogen) atoms. The summed E-state index contributed by atoms with van der Waals surface area (Å²) < 4.78 is 36.0. The van der Waals surface area contributed by atoms with Crippen molar-refractivity contribution >= 4 is 44.3 Å². The molecule has 4 fully saturated rings. The van der Waals surface area contributed by atoms with Crippen LogP contribution in [0.4, 0.5) is 14.6 Å². The molecule has 1 aliphatic carbocycles. The number of aliphatic hydroxyl groups excluding tert-OH is 1. The van der Waals surface area contributed by atoms with E-state index < -0.39 is 12.0 Å². The highest BCUT2D eigenvalue weighted by atomic mass is 79.9. The van der Waals surface area contributed by atoms with Crippen molar-refractivity contribution in [2.45, 2.75) is 62.7 Å². The molecule has 11 heteroatoms. The second kappa shape index (κ2) is 9.19. The van der Waals surface area contributed by atoms with E-state index in [1.165, 1.54) is 0 Å². The van der Waals surface area contributed by atoms with Gasteiger partial charge < -0.3 is 14.7 Å². The van der Waals surface area contributed by atoms with Crippen LogP contribution in [0.2, 0.25) is 5.15 Å². The third-order valence-corrected chi connectivity index (χ3v) is 9.39. The summed E-state index contributed by atoms with van der Waals surface area (Å²) in [6.45, 7) is 2.37. The Bertz CT molecular complexity index is 1150. The van der Waals surface area contributed by atoms with Gasteiger partial charge in [-0.05, 0) is 72.8 Å². The lowest BCUT2D eigenvalue weighted by Gasteiger charge is -2.41. The van der Waals surface area contributed by atoms with E-state index in [-0.39, 0.29) is 41.5 Å². The smallest absolute Gasteiger partial charge is 0.319 e. The minimum atomic E-state index is -0.867. The maximum atomic E-state index is 15.2. The molecule has 2 aromatic heterocycles. The summed E-state index contributed by atoms with van der Waals surface area (Å²) in [6, 6.07) is 0.145. The molecule has 3 saturated heterocycles. The molecule has 4 aliphatic rings. The Morgan fingerprint density at radius 2 is 2.09 bits per heavy atom. The van der Waals surface area contributed by atoms with E-state index in [1.54, 1.807) is 0 Å². The first-order chi connectivity index (χ1) is 16.9. The minimum absolute atomic E-state index is 0.0492. The van der Waals surface area contributed by atoms with Gasteiger partial charge >= 0.3 is 6.01 Å². The summed E-state index contributed by atoms with van der Waals surface area (Å²) >= 11 is 9.53. The van der Waals surface area contributed by atoms with Gasteiger partial charge in [-0.3, -0.25) is 4.90 Å². The highest BCUT2D eigenvalue weighted by Gasteiger charge is 2.49. The first-order valence-corrected chi connectivity index (χ1v) is 13.7. The summed E-state index contributed by atoms with van der Waals surface area (Å²) in [4.78, 5) is 17.7. The van der Waals surface area contributed by atoms with Crippen LogP contribution in [-0.4, -0.2) is 75.6 Å². The van der Waals surface area contributed by atoms with E-state index in [4.69, 9.17) is 21.3 Å². The lowest BCUT2D eigenvalue weighted by atomic mass is 9.88. The number of rotatable bonds is 6. The quantitative estimate of drug-likeness (QED) is 0.510. The predicted octanol–water partition coefficient (Wildman–Crippen LogP) is 4.52. The number of aliphatic hydroxyl groups is 1. The summed E-state index contributed by atoms with van der Waals surface area (Å²) in [5.74, 6) is 0.803. The number of nitrogens with zero attached hydrogens (tertiary/aromatic N) is 5. The molecule has 0 radical (unpaired) electrons. The van der Waals surface area contributed by atoms with Crippen molar-refractivity contribution in [3.63, 3.8) is 0 Å². The number of hydrogen-bond donors (Lipinski definition) is 1.